The summed E-state index contributed by atoms with van der Waals surface area (Å²) < 4.78 is 0. The predicted octanol–water partition coefficient (Wildman–Crippen LogP) is 2.02. The molecule has 0 aromatic heterocycles. The summed E-state index contributed by atoms with van der Waals surface area (Å²) in [4.78, 5) is 15.1. The van der Waals surface area contributed by atoms with E-state index in [-0.39, 0.29) is 5.41 Å². The molecule has 0 radical (unpaired) electrons. The molecule has 106 valence electrons. The monoisotopic (exact) mass is 262 g/mol. The van der Waals surface area contributed by atoms with E-state index in [4.69, 9.17) is 0 Å². The molecular weight excluding hydrogens is 236 g/mol. The first-order valence-electron chi connectivity index (χ1n) is 7.98. The van der Waals surface area contributed by atoms with Crippen molar-refractivity contribution in [2.24, 2.45) is 22.7 Å². The Kier molecular flexibility index (Phi) is 2.41. The zero-order valence-electron chi connectivity index (χ0n) is 12.2. The van der Waals surface area contributed by atoms with Crippen molar-refractivity contribution < 1.29 is 4.79 Å². The summed E-state index contributed by atoms with van der Waals surface area (Å²) in [5.41, 5.74) is 0.488. The van der Waals surface area contributed by atoms with Crippen LogP contribution in [0.5, 0.6) is 0 Å². The van der Waals surface area contributed by atoms with E-state index in [9.17, 15) is 4.79 Å². The van der Waals surface area contributed by atoms with E-state index in [0.717, 1.165) is 31.3 Å². The zero-order chi connectivity index (χ0) is 13.3. The highest BCUT2D eigenvalue weighted by Gasteiger charge is 2.59. The number of likely N-dealkylation sites (N-methyl/N-ethyl adjacent to an activating group) is 1. The molecule has 1 aliphatic heterocycles. The van der Waals surface area contributed by atoms with Gasteiger partial charge in [0, 0.05) is 20.1 Å². The van der Waals surface area contributed by atoms with Crippen molar-refractivity contribution in [3.63, 3.8) is 0 Å². The minimum atomic E-state index is 0.0170. The Bertz CT molecular complexity index is 401. The van der Waals surface area contributed by atoms with Gasteiger partial charge in [-0.3, -0.25) is 4.79 Å². The SMILES string of the molecule is CN(C(=O)C12CC3CC(CC(C)(C3)C1)C2)C1CNC1. The number of rotatable bonds is 2. The first-order chi connectivity index (χ1) is 9.00. The quantitative estimate of drug-likeness (QED) is 0.826. The summed E-state index contributed by atoms with van der Waals surface area (Å²) >= 11 is 0. The molecule has 3 nitrogen and oxygen atoms in total. The Morgan fingerprint density at radius 3 is 2.26 bits per heavy atom. The molecule has 4 bridgehead atoms. The summed E-state index contributed by atoms with van der Waals surface area (Å²) in [5, 5.41) is 3.28. The van der Waals surface area contributed by atoms with Crippen LogP contribution in [0.3, 0.4) is 0 Å². The van der Waals surface area contributed by atoms with E-state index in [1.165, 1.54) is 32.1 Å². The van der Waals surface area contributed by atoms with E-state index in [1.54, 1.807) is 0 Å². The maximum absolute atomic E-state index is 13.1. The van der Waals surface area contributed by atoms with Crippen molar-refractivity contribution >= 4 is 5.91 Å². The van der Waals surface area contributed by atoms with Gasteiger partial charge in [-0.05, 0) is 55.8 Å². The molecule has 0 spiro atoms. The normalized spacial score (nSPS) is 48.1. The van der Waals surface area contributed by atoms with Crippen LogP contribution in [-0.4, -0.2) is 37.0 Å². The highest BCUT2D eigenvalue weighted by atomic mass is 16.2. The number of amides is 1. The standard InChI is InChI=1S/C16H26N2O/c1-15-4-11-3-12(5-15)7-16(6-11,10-15)14(19)18(2)13-8-17-9-13/h11-13,17H,3-10H2,1-2H3. The van der Waals surface area contributed by atoms with E-state index in [0.29, 0.717) is 17.4 Å². The van der Waals surface area contributed by atoms with Gasteiger partial charge in [-0.2, -0.15) is 0 Å². The summed E-state index contributed by atoms with van der Waals surface area (Å²) in [6, 6.07) is 0.452. The lowest BCUT2D eigenvalue weighted by Gasteiger charge is -2.61. The fourth-order valence-corrected chi connectivity index (χ4v) is 6.06. The summed E-state index contributed by atoms with van der Waals surface area (Å²) in [6.07, 6.45) is 7.70. The third kappa shape index (κ3) is 1.70. The topological polar surface area (TPSA) is 32.3 Å². The molecule has 1 N–H and O–H groups in total. The van der Waals surface area contributed by atoms with Crippen molar-refractivity contribution in [1.29, 1.82) is 0 Å². The van der Waals surface area contributed by atoms with Gasteiger partial charge < -0.3 is 10.2 Å². The van der Waals surface area contributed by atoms with Crippen LogP contribution in [0.4, 0.5) is 0 Å². The molecule has 2 unspecified atom stereocenters. The average molecular weight is 262 g/mol. The number of nitrogens with zero attached hydrogens (tertiary/aromatic N) is 1. The highest BCUT2D eigenvalue weighted by Crippen LogP contribution is 2.65. The molecule has 1 heterocycles. The Labute approximate surface area is 116 Å². The lowest BCUT2D eigenvalue weighted by Crippen LogP contribution is -2.63. The average Bonchev–Trinajstić information content (AvgIpc) is 2.21. The van der Waals surface area contributed by atoms with Crippen LogP contribution in [0, 0.1) is 22.7 Å². The van der Waals surface area contributed by atoms with Crippen LogP contribution in [0.25, 0.3) is 0 Å². The number of carbonyl (C=O) groups is 1. The van der Waals surface area contributed by atoms with E-state index in [1.807, 2.05) is 7.05 Å². The highest BCUT2D eigenvalue weighted by molar-refractivity contribution is 5.83. The van der Waals surface area contributed by atoms with Gasteiger partial charge in [0.2, 0.25) is 5.91 Å². The maximum atomic E-state index is 13.1. The van der Waals surface area contributed by atoms with Gasteiger partial charge in [-0.1, -0.05) is 6.92 Å². The minimum Gasteiger partial charge on any atom is -0.340 e. The summed E-state index contributed by atoms with van der Waals surface area (Å²) in [6.45, 7) is 4.42. The molecule has 3 heteroatoms. The Morgan fingerprint density at radius 1 is 1.16 bits per heavy atom. The van der Waals surface area contributed by atoms with Gasteiger partial charge in [0.25, 0.3) is 0 Å². The van der Waals surface area contributed by atoms with Gasteiger partial charge in [-0.15, -0.1) is 0 Å². The molecule has 1 amide bonds. The van der Waals surface area contributed by atoms with Gasteiger partial charge in [-0.25, -0.2) is 0 Å². The molecule has 5 fully saturated rings. The fourth-order valence-electron chi connectivity index (χ4n) is 6.06. The molecule has 4 saturated carbocycles. The first kappa shape index (κ1) is 12.2. The molecule has 0 aromatic rings. The van der Waals surface area contributed by atoms with Crippen LogP contribution in [-0.2, 0) is 4.79 Å². The molecular formula is C16H26N2O. The number of carbonyl (C=O) groups excluding carboxylic acids is 1. The molecule has 5 aliphatic rings. The maximum Gasteiger partial charge on any atom is 0.228 e. The third-order valence-electron chi connectivity index (χ3n) is 6.44. The lowest BCUT2D eigenvalue weighted by molar-refractivity contribution is -0.167. The van der Waals surface area contributed by atoms with Crippen molar-refractivity contribution in [1.82, 2.24) is 10.2 Å². The van der Waals surface area contributed by atoms with Crippen LogP contribution >= 0.6 is 0 Å². The lowest BCUT2D eigenvalue weighted by atomic mass is 9.44. The van der Waals surface area contributed by atoms with E-state index < -0.39 is 0 Å². The third-order valence-corrected chi connectivity index (χ3v) is 6.44. The van der Waals surface area contributed by atoms with Crippen LogP contribution in [0.2, 0.25) is 0 Å². The number of hydrogen-bond donors (Lipinski definition) is 1. The van der Waals surface area contributed by atoms with Gasteiger partial charge in [0.1, 0.15) is 0 Å². The van der Waals surface area contributed by atoms with E-state index in [2.05, 4.69) is 17.1 Å². The zero-order valence-corrected chi connectivity index (χ0v) is 12.2. The number of hydrogen-bond acceptors (Lipinski definition) is 2. The fraction of sp³-hybridized carbons (Fsp3) is 0.938. The largest absolute Gasteiger partial charge is 0.340 e. The summed E-state index contributed by atoms with van der Waals surface area (Å²) in [5.74, 6) is 2.14. The Balaban J connectivity index is 1.60. The Hall–Kier alpha value is -0.570. The van der Waals surface area contributed by atoms with Crippen LogP contribution in [0.15, 0.2) is 0 Å². The van der Waals surface area contributed by atoms with Crippen molar-refractivity contribution in [2.75, 3.05) is 20.1 Å². The predicted molar refractivity (Wildman–Crippen MR) is 74.6 cm³/mol. The van der Waals surface area contributed by atoms with Crippen molar-refractivity contribution in [2.45, 2.75) is 51.5 Å². The molecule has 5 rings (SSSR count). The van der Waals surface area contributed by atoms with E-state index >= 15 is 0 Å². The molecule has 4 aliphatic carbocycles. The second-order valence-corrected chi connectivity index (χ2v) is 8.28. The number of nitrogens with one attached hydrogen (secondary N) is 1. The smallest absolute Gasteiger partial charge is 0.228 e. The van der Waals surface area contributed by atoms with Gasteiger partial charge in [0.15, 0.2) is 0 Å². The van der Waals surface area contributed by atoms with Gasteiger partial charge in [0.05, 0.1) is 11.5 Å². The molecule has 0 aromatic carbocycles. The van der Waals surface area contributed by atoms with Crippen molar-refractivity contribution in [3.05, 3.63) is 0 Å². The van der Waals surface area contributed by atoms with Gasteiger partial charge >= 0.3 is 0 Å². The van der Waals surface area contributed by atoms with Crippen LogP contribution in [0.1, 0.15) is 45.4 Å². The second-order valence-electron chi connectivity index (χ2n) is 8.28. The summed E-state index contributed by atoms with van der Waals surface area (Å²) in [7, 11) is 2.04. The molecule has 2 atom stereocenters. The van der Waals surface area contributed by atoms with Crippen LogP contribution < -0.4 is 5.32 Å². The first-order valence-corrected chi connectivity index (χ1v) is 7.98. The molecule has 19 heavy (non-hydrogen) atoms. The molecule has 1 saturated heterocycles. The second kappa shape index (κ2) is 3.75. The Morgan fingerprint density at radius 2 is 1.79 bits per heavy atom. The van der Waals surface area contributed by atoms with Crippen molar-refractivity contribution in [3.8, 4) is 0 Å². The minimum absolute atomic E-state index is 0.0170.